The van der Waals surface area contributed by atoms with E-state index in [1.807, 2.05) is 19.2 Å². The molecule has 1 amide bonds. The van der Waals surface area contributed by atoms with Gasteiger partial charge >= 0.3 is 6.18 Å². The van der Waals surface area contributed by atoms with Crippen LogP contribution in [0.4, 0.5) is 13.2 Å². The molecule has 0 fully saturated rings. The van der Waals surface area contributed by atoms with Crippen molar-refractivity contribution in [3.8, 4) is 0 Å². The fourth-order valence-corrected chi connectivity index (χ4v) is 1.09. The summed E-state index contributed by atoms with van der Waals surface area (Å²) in [7, 11) is 0. The predicted molar refractivity (Wildman–Crippen MR) is 51.4 cm³/mol. The Hall–Kier alpha value is -0.780. The topological polar surface area (TPSA) is 41.1 Å². The third-order valence-corrected chi connectivity index (χ3v) is 1.96. The maximum absolute atomic E-state index is 11.7. The number of rotatable bonds is 6. The number of carbonyl (C=O) groups is 1. The van der Waals surface area contributed by atoms with Crippen molar-refractivity contribution >= 4 is 5.91 Å². The van der Waals surface area contributed by atoms with Gasteiger partial charge in [-0.1, -0.05) is 13.8 Å². The van der Waals surface area contributed by atoms with Gasteiger partial charge in [-0.05, 0) is 12.8 Å². The Morgan fingerprint density at radius 1 is 1.27 bits per heavy atom. The van der Waals surface area contributed by atoms with E-state index < -0.39 is 18.6 Å². The average molecular weight is 226 g/mol. The second-order valence-electron chi connectivity index (χ2n) is 3.30. The molecule has 0 rings (SSSR count). The van der Waals surface area contributed by atoms with E-state index in [1.165, 1.54) is 0 Å². The quantitative estimate of drug-likeness (QED) is 0.719. The normalized spacial score (nSPS) is 11.9. The molecule has 0 bridgehead atoms. The zero-order valence-corrected chi connectivity index (χ0v) is 8.95. The van der Waals surface area contributed by atoms with E-state index in [0.29, 0.717) is 0 Å². The lowest BCUT2D eigenvalue weighted by molar-refractivity contribution is -0.128. The molecule has 0 heterocycles. The number of nitrogens with one attached hydrogen (secondary N) is 2. The third kappa shape index (κ3) is 8.23. The van der Waals surface area contributed by atoms with Crippen LogP contribution in [0, 0.1) is 0 Å². The van der Waals surface area contributed by atoms with Crippen LogP contribution in [-0.2, 0) is 4.79 Å². The standard InChI is InChI=1S/C9H17F3N2O/c1-3-7(4-2)14-8(15)5-13-6-9(10,11)12/h7,13H,3-6H2,1-2H3,(H,14,15). The highest BCUT2D eigenvalue weighted by Gasteiger charge is 2.26. The van der Waals surface area contributed by atoms with Crippen molar-refractivity contribution in [1.82, 2.24) is 10.6 Å². The summed E-state index contributed by atoms with van der Waals surface area (Å²) in [5.74, 6) is -0.395. The molecular weight excluding hydrogens is 209 g/mol. The fraction of sp³-hybridized carbons (Fsp3) is 0.889. The van der Waals surface area contributed by atoms with Gasteiger partial charge in [0.1, 0.15) is 0 Å². The van der Waals surface area contributed by atoms with Crippen molar-refractivity contribution < 1.29 is 18.0 Å². The van der Waals surface area contributed by atoms with E-state index in [1.54, 1.807) is 0 Å². The van der Waals surface area contributed by atoms with Crippen LogP contribution >= 0.6 is 0 Å². The lowest BCUT2D eigenvalue weighted by Crippen LogP contribution is -2.42. The van der Waals surface area contributed by atoms with E-state index in [-0.39, 0.29) is 12.6 Å². The highest BCUT2D eigenvalue weighted by molar-refractivity contribution is 5.78. The average Bonchev–Trinajstić information content (AvgIpc) is 2.12. The third-order valence-electron chi connectivity index (χ3n) is 1.96. The van der Waals surface area contributed by atoms with Gasteiger partial charge in [-0.2, -0.15) is 13.2 Å². The van der Waals surface area contributed by atoms with E-state index in [2.05, 4.69) is 5.32 Å². The van der Waals surface area contributed by atoms with E-state index in [9.17, 15) is 18.0 Å². The molecule has 6 heteroatoms. The minimum atomic E-state index is -4.27. The molecular formula is C9H17F3N2O. The molecule has 0 aliphatic carbocycles. The van der Waals surface area contributed by atoms with Crippen molar-refractivity contribution in [3.05, 3.63) is 0 Å². The summed E-state index contributed by atoms with van der Waals surface area (Å²) >= 11 is 0. The Kier molecular flexibility index (Phi) is 6.31. The molecule has 90 valence electrons. The van der Waals surface area contributed by atoms with Crippen molar-refractivity contribution in [2.45, 2.75) is 38.9 Å². The molecule has 0 aliphatic rings. The summed E-state index contributed by atoms with van der Waals surface area (Å²) in [5.41, 5.74) is 0. The van der Waals surface area contributed by atoms with Gasteiger partial charge in [0.15, 0.2) is 0 Å². The molecule has 0 aliphatic heterocycles. The van der Waals surface area contributed by atoms with Crippen LogP contribution in [0.2, 0.25) is 0 Å². The Morgan fingerprint density at radius 3 is 2.20 bits per heavy atom. The zero-order valence-electron chi connectivity index (χ0n) is 8.95. The smallest absolute Gasteiger partial charge is 0.352 e. The van der Waals surface area contributed by atoms with Crippen molar-refractivity contribution in [3.63, 3.8) is 0 Å². The van der Waals surface area contributed by atoms with Gasteiger partial charge in [0, 0.05) is 6.04 Å². The van der Waals surface area contributed by atoms with Gasteiger partial charge in [-0.15, -0.1) is 0 Å². The zero-order chi connectivity index (χ0) is 11.9. The van der Waals surface area contributed by atoms with E-state index in [4.69, 9.17) is 0 Å². The highest BCUT2D eigenvalue weighted by Crippen LogP contribution is 2.11. The second kappa shape index (κ2) is 6.66. The van der Waals surface area contributed by atoms with Crippen LogP contribution in [0.25, 0.3) is 0 Å². The molecule has 0 radical (unpaired) electrons. The molecule has 0 unspecified atom stereocenters. The lowest BCUT2D eigenvalue weighted by Gasteiger charge is -2.15. The molecule has 0 atom stereocenters. The van der Waals surface area contributed by atoms with Gasteiger partial charge < -0.3 is 10.6 Å². The number of alkyl halides is 3. The maximum Gasteiger partial charge on any atom is 0.401 e. The first-order valence-corrected chi connectivity index (χ1v) is 4.95. The molecule has 0 saturated carbocycles. The molecule has 0 saturated heterocycles. The molecule has 0 aromatic carbocycles. The summed E-state index contributed by atoms with van der Waals surface area (Å²) in [6.45, 7) is 2.40. The van der Waals surface area contributed by atoms with Crippen LogP contribution < -0.4 is 10.6 Å². The number of halogens is 3. The van der Waals surface area contributed by atoms with Crippen LogP contribution in [0.15, 0.2) is 0 Å². The first-order chi connectivity index (χ1) is 6.89. The second-order valence-corrected chi connectivity index (χ2v) is 3.30. The van der Waals surface area contributed by atoms with Gasteiger partial charge in [0.05, 0.1) is 13.1 Å². The monoisotopic (exact) mass is 226 g/mol. The summed E-state index contributed by atoms with van der Waals surface area (Å²) in [6.07, 6.45) is -2.71. The number of hydrogen-bond donors (Lipinski definition) is 2. The Morgan fingerprint density at radius 2 is 1.80 bits per heavy atom. The number of hydrogen-bond acceptors (Lipinski definition) is 2. The lowest BCUT2D eigenvalue weighted by atomic mass is 10.2. The minimum absolute atomic E-state index is 0.0465. The highest BCUT2D eigenvalue weighted by atomic mass is 19.4. The van der Waals surface area contributed by atoms with Gasteiger partial charge in [0.25, 0.3) is 0 Å². The molecule has 0 aromatic heterocycles. The van der Waals surface area contributed by atoms with Crippen LogP contribution in [-0.4, -0.2) is 31.2 Å². The summed E-state index contributed by atoms with van der Waals surface area (Å²) in [4.78, 5) is 11.1. The van der Waals surface area contributed by atoms with Crippen molar-refractivity contribution in [2.24, 2.45) is 0 Å². The van der Waals surface area contributed by atoms with Gasteiger partial charge in [-0.3, -0.25) is 4.79 Å². The first-order valence-electron chi connectivity index (χ1n) is 4.95. The summed E-state index contributed by atoms with van der Waals surface area (Å²) < 4.78 is 35.1. The molecule has 0 aromatic rings. The summed E-state index contributed by atoms with van der Waals surface area (Å²) in [5, 5.41) is 4.68. The van der Waals surface area contributed by atoms with Crippen LogP contribution in [0.5, 0.6) is 0 Å². The SMILES string of the molecule is CCC(CC)NC(=O)CNCC(F)(F)F. The van der Waals surface area contributed by atoms with E-state index in [0.717, 1.165) is 12.8 Å². The van der Waals surface area contributed by atoms with Crippen LogP contribution in [0.1, 0.15) is 26.7 Å². The number of carbonyl (C=O) groups excluding carboxylic acids is 1. The summed E-state index contributed by atoms with van der Waals surface area (Å²) in [6, 6.07) is 0.0465. The van der Waals surface area contributed by atoms with Crippen molar-refractivity contribution in [1.29, 1.82) is 0 Å². The molecule has 15 heavy (non-hydrogen) atoms. The molecule has 0 spiro atoms. The minimum Gasteiger partial charge on any atom is -0.352 e. The number of amides is 1. The van der Waals surface area contributed by atoms with Crippen LogP contribution in [0.3, 0.4) is 0 Å². The Labute approximate surface area is 87.4 Å². The predicted octanol–water partition coefficient (Wildman–Crippen LogP) is 1.44. The Balaban J connectivity index is 3.66. The maximum atomic E-state index is 11.7. The largest absolute Gasteiger partial charge is 0.401 e. The van der Waals surface area contributed by atoms with Gasteiger partial charge in [-0.25, -0.2) is 0 Å². The van der Waals surface area contributed by atoms with Gasteiger partial charge in [0.2, 0.25) is 5.91 Å². The van der Waals surface area contributed by atoms with Crippen molar-refractivity contribution in [2.75, 3.05) is 13.1 Å². The molecule has 3 nitrogen and oxygen atoms in total. The Bertz CT molecular complexity index is 190. The van der Waals surface area contributed by atoms with E-state index >= 15 is 0 Å². The molecule has 2 N–H and O–H groups in total. The first kappa shape index (κ1) is 14.2. The fourth-order valence-electron chi connectivity index (χ4n) is 1.09.